The van der Waals surface area contributed by atoms with Gasteiger partial charge in [-0.15, -0.1) is 0 Å². The Morgan fingerprint density at radius 1 is 0.853 bits per heavy atom. The number of primary amides is 1. The number of hydrogen-bond acceptors (Lipinski definition) is 5. The maximum Gasteiger partial charge on any atom is 0.243 e. The fraction of sp³-hybridized carbons (Fsp3) is 0.522. The Morgan fingerprint density at radius 2 is 1.53 bits per heavy atom. The maximum atomic E-state index is 12.6. The lowest BCUT2D eigenvalue weighted by Crippen LogP contribution is -2.55. The first-order valence-corrected chi connectivity index (χ1v) is 11.4. The van der Waals surface area contributed by atoms with Gasteiger partial charge >= 0.3 is 0 Å². The maximum absolute atomic E-state index is 12.6. The van der Waals surface area contributed by atoms with Gasteiger partial charge < -0.3 is 33.2 Å². The number of nitrogens with zero attached hydrogens (tertiary/aromatic N) is 1. The van der Waals surface area contributed by atoms with Gasteiger partial charge in [0.25, 0.3) is 0 Å². The van der Waals surface area contributed by atoms with Gasteiger partial charge in [-0.2, -0.15) is 0 Å². The second kappa shape index (κ2) is 15.3. The highest BCUT2D eigenvalue weighted by Crippen LogP contribution is 2.06. The number of nitrogens with one attached hydrogen (secondary N) is 3. The van der Waals surface area contributed by atoms with Crippen LogP contribution in [0.25, 0.3) is 0 Å². The summed E-state index contributed by atoms with van der Waals surface area (Å²) in [7, 11) is 0. The molecule has 0 unspecified atom stereocenters. The molecule has 34 heavy (non-hydrogen) atoms. The fourth-order valence-electron chi connectivity index (χ4n) is 3.09. The second-order valence-corrected chi connectivity index (χ2v) is 8.12. The van der Waals surface area contributed by atoms with Crippen molar-refractivity contribution in [1.29, 1.82) is 0 Å². The molecule has 1 aromatic rings. The number of rotatable bonds is 15. The first kappa shape index (κ1) is 28.4. The molecule has 0 heterocycles. The van der Waals surface area contributed by atoms with Crippen molar-refractivity contribution in [1.82, 2.24) is 16.0 Å². The van der Waals surface area contributed by atoms with E-state index in [9.17, 15) is 19.2 Å². The summed E-state index contributed by atoms with van der Waals surface area (Å²) < 4.78 is 0. The van der Waals surface area contributed by atoms with E-state index in [-0.39, 0.29) is 24.8 Å². The van der Waals surface area contributed by atoms with Crippen molar-refractivity contribution in [2.45, 2.75) is 70.5 Å². The van der Waals surface area contributed by atoms with Crippen LogP contribution in [0.1, 0.15) is 51.5 Å². The van der Waals surface area contributed by atoms with E-state index in [0.717, 1.165) is 12.8 Å². The third kappa shape index (κ3) is 11.8. The van der Waals surface area contributed by atoms with Gasteiger partial charge in [0.05, 0.1) is 0 Å². The first-order valence-electron chi connectivity index (χ1n) is 11.4. The molecule has 3 atom stereocenters. The highest BCUT2D eigenvalue weighted by molar-refractivity contribution is 5.93. The van der Waals surface area contributed by atoms with Crippen LogP contribution in [0.3, 0.4) is 0 Å². The van der Waals surface area contributed by atoms with E-state index < -0.39 is 35.8 Å². The molecule has 9 N–H and O–H groups in total. The van der Waals surface area contributed by atoms with Gasteiger partial charge in [0, 0.05) is 13.0 Å². The fourth-order valence-corrected chi connectivity index (χ4v) is 3.09. The zero-order valence-corrected chi connectivity index (χ0v) is 19.9. The molecule has 0 saturated heterocycles. The van der Waals surface area contributed by atoms with Crippen molar-refractivity contribution < 1.29 is 19.2 Å². The topological polar surface area (TPSA) is 195 Å². The van der Waals surface area contributed by atoms with Crippen LogP contribution in [-0.4, -0.2) is 54.3 Å². The normalized spacial score (nSPS) is 13.1. The van der Waals surface area contributed by atoms with Gasteiger partial charge in [-0.3, -0.25) is 24.2 Å². The number of benzene rings is 1. The van der Waals surface area contributed by atoms with Crippen LogP contribution in [-0.2, 0) is 25.6 Å². The summed E-state index contributed by atoms with van der Waals surface area (Å²) in [5.41, 5.74) is 17.0. The van der Waals surface area contributed by atoms with Crippen LogP contribution in [0.2, 0.25) is 0 Å². The highest BCUT2D eigenvalue weighted by atomic mass is 16.2. The van der Waals surface area contributed by atoms with Gasteiger partial charge in [0.15, 0.2) is 5.96 Å². The molecule has 0 aliphatic carbocycles. The molecule has 0 fully saturated rings. The molecule has 0 spiro atoms. The largest absolute Gasteiger partial charge is 0.370 e. The van der Waals surface area contributed by atoms with Gasteiger partial charge in [0.2, 0.25) is 23.6 Å². The number of nitrogens with two attached hydrogens (primary N) is 3. The van der Waals surface area contributed by atoms with E-state index >= 15 is 0 Å². The lowest BCUT2D eigenvalue weighted by atomic mass is 10.1. The predicted molar refractivity (Wildman–Crippen MR) is 130 cm³/mol. The molecule has 11 heteroatoms. The van der Waals surface area contributed by atoms with Crippen LogP contribution in [0.5, 0.6) is 0 Å². The zero-order valence-electron chi connectivity index (χ0n) is 19.9. The lowest BCUT2D eigenvalue weighted by Gasteiger charge is -2.22. The summed E-state index contributed by atoms with van der Waals surface area (Å²) in [4.78, 5) is 52.5. The van der Waals surface area contributed by atoms with Crippen LogP contribution >= 0.6 is 0 Å². The van der Waals surface area contributed by atoms with Gasteiger partial charge in [-0.05, 0) is 51.5 Å². The van der Waals surface area contributed by atoms with Crippen molar-refractivity contribution in [2.24, 2.45) is 22.2 Å². The molecule has 0 radical (unpaired) electrons. The monoisotopic (exact) mass is 475 g/mol. The molecule has 0 aromatic heterocycles. The number of aliphatic imine (C=N–C) groups is 1. The minimum absolute atomic E-state index is 0.0764. The minimum Gasteiger partial charge on any atom is -0.370 e. The number of guanidine groups is 1. The summed E-state index contributed by atoms with van der Waals surface area (Å²) in [6, 6.07) is 7.30. The predicted octanol–water partition coefficient (Wildman–Crippen LogP) is -0.567. The lowest BCUT2D eigenvalue weighted by molar-refractivity contribution is -0.133. The minimum atomic E-state index is -0.950. The van der Waals surface area contributed by atoms with E-state index in [0.29, 0.717) is 19.3 Å². The summed E-state index contributed by atoms with van der Waals surface area (Å²) in [6.45, 7) is 3.25. The van der Waals surface area contributed by atoms with Crippen molar-refractivity contribution in [3.63, 3.8) is 0 Å². The summed E-state index contributed by atoms with van der Waals surface area (Å²) in [5.74, 6) is -2.11. The number of unbranched alkanes of at least 4 members (excludes halogenated alkanes) is 1. The molecule has 188 valence electrons. The number of hydrogen-bond donors (Lipinski definition) is 6. The SMILES string of the molecule is C[C@H](NC(=O)[C@H](CCCN=C(N)N)NC(=O)[C@H](C)NC(=O)CCCCc1ccccc1)C(N)=O. The number of amides is 4. The molecular formula is C23H37N7O4. The second-order valence-electron chi connectivity index (χ2n) is 8.12. The molecule has 0 aliphatic heterocycles. The Bertz CT molecular complexity index is 841. The molecule has 1 rings (SSSR count). The van der Waals surface area contributed by atoms with Crippen molar-refractivity contribution in [3.8, 4) is 0 Å². The standard InChI is InChI=1S/C23H37N7O4/c1-15(20(24)32)29-22(34)18(12-8-14-27-23(25)26)30-21(33)16(2)28-19(31)13-7-6-11-17-9-4-3-5-10-17/h3-5,9-10,15-16,18H,6-8,11-14H2,1-2H3,(H2,24,32)(H,28,31)(H,29,34)(H,30,33)(H4,25,26,27)/t15-,16-,18-/m0/s1. The summed E-state index contributed by atoms with van der Waals surface area (Å²) in [6.07, 6.45) is 3.35. The van der Waals surface area contributed by atoms with Gasteiger partial charge in [-0.1, -0.05) is 30.3 Å². The smallest absolute Gasteiger partial charge is 0.243 e. The van der Waals surface area contributed by atoms with Gasteiger partial charge in [0.1, 0.15) is 18.1 Å². The third-order valence-corrected chi connectivity index (χ3v) is 5.10. The molecule has 1 aromatic carbocycles. The third-order valence-electron chi connectivity index (χ3n) is 5.10. The van der Waals surface area contributed by atoms with Gasteiger partial charge in [-0.25, -0.2) is 0 Å². The molecule has 4 amide bonds. The Hall–Kier alpha value is -3.63. The van der Waals surface area contributed by atoms with E-state index in [4.69, 9.17) is 17.2 Å². The first-order chi connectivity index (χ1) is 16.1. The zero-order chi connectivity index (χ0) is 25.5. The average Bonchev–Trinajstić information content (AvgIpc) is 2.78. The van der Waals surface area contributed by atoms with Crippen LogP contribution in [0.4, 0.5) is 0 Å². The van der Waals surface area contributed by atoms with Crippen LogP contribution in [0.15, 0.2) is 35.3 Å². The highest BCUT2D eigenvalue weighted by Gasteiger charge is 2.25. The quantitative estimate of drug-likeness (QED) is 0.112. The summed E-state index contributed by atoms with van der Waals surface area (Å²) in [5, 5.41) is 7.73. The van der Waals surface area contributed by atoms with Crippen molar-refractivity contribution in [2.75, 3.05) is 6.54 Å². The Morgan fingerprint density at radius 3 is 2.15 bits per heavy atom. The van der Waals surface area contributed by atoms with E-state index in [1.807, 2.05) is 30.3 Å². The van der Waals surface area contributed by atoms with E-state index in [1.54, 1.807) is 0 Å². The molecular weight excluding hydrogens is 438 g/mol. The number of carbonyl (C=O) groups excluding carboxylic acids is 4. The molecule has 0 bridgehead atoms. The molecule has 0 saturated carbocycles. The van der Waals surface area contributed by atoms with E-state index in [1.165, 1.54) is 19.4 Å². The van der Waals surface area contributed by atoms with Crippen molar-refractivity contribution >= 4 is 29.6 Å². The Balaban J connectivity index is 2.54. The number of aryl methyl sites for hydroxylation is 1. The Kier molecular flexibility index (Phi) is 12.7. The van der Waals surface area contributed by atoms with Crippen molar-refractivity contribution in [3.05, 3.63) is 35.9 Å². The summed E-state index contributed by atoms with van der Waals surface area (Å²) >= 11 is 0. The number of carbonyl (C=O) groups is 4. The average molecular weight is 476 g/mol. The van der Waals surface area contributed by atoms with E-state index in [2.05, 4.69) is 20.9 Å². The molecule has 0 aliphatic rings. The molecule has 11 nitrogen and oxygen atoms in total. The van der Waals surface area contributed by atoms with Crippen LogP contribution < -0.4 is 33.2 Å². The Labute approximate surface area is 200 Å². The van der Waals surface area contributed by atoms with Crippen LogP contribution in [0, 0.1) is 0 Å².